The zero-order valence-electron chi connectivity index (χ0n) is 13.0. The van der Waals surface area contributed by atoms with Gasteiger partial charge in [-0.1, -0.05) is 74.9 Å². The minimum atomic E-state index is -0.363. The summed E-state index contributed by atoms with van der Waals surface area (Å²) >= 11 is 0. The minimum absolute atomic E-state index is 0.363. The average molecular weight is 274 g/mol. The van der Waals surface area contributed by atoms with E-state index in [1.165, 1.54) is 16.7 Å². The third-order valence-corrected chi connectivity index (χ3v) is 4.48. The Morgan fingerprint density at radius 3 is 2.14 bits per heavy atom. The van der Waals surface area contributed by atoms with E-state index in [4.69, 9.17) is 0 Å². The molecule has 2 rings (SSSR count). The molecule has 0 aromatic heterocycles. The zero-order chi connectivity index (χ0) is 15.8. The molecule has 0 nitrogen and oxygen atoms in total. The Morgan fingerprint density at radius 2 is 1.76 bits per heavy atom. The zero-order valence-corrected chi connectivity index (χ0v) is 13.0. The van der Waals surface area contributed by atoms with Gasteiger partial charge in [0.1, 0.15) is 0 Å². The van der Waals surface area contributed by atoms with Gasteiger partial charge in [-0.05, 0) is 47.3 Å². The maximum absolute atomic E-state index is 4.32. The second-order valence-electron chi connectivity index (χ2n) is 5.34. The van der Waals surface area contributed by atoms with Gasteiger partial charge < -0.3 is 0 Å². The van der Waals surface area contributed by atoms with Crippen LogP contribution >= 0.6 is 0 Å². The highest BCUT2D eigenvalue weighted by atomic mass is 14.5. The van der Waals surface area contributed by atoms with E-state index >= 15 is 0 Å². The first kappa shape index (κ1) is 15.1. The second-order valence-corrected chi connectivity index (χ2v) is 5.34. The van der Waals surface area contributed by atoms with E-state index in [1.54, 1.807) is 0 Å². The van der Waals surface area contributed by atoms with Gasteiger partial charge in [-0.15, -0.1) is 0 Å². The first-order valence-corrected chi connectivity index (χ1v) is 7.07. The van der Waals surface area contributed by atoms with Crippen molar-refractivity contribution >= 4 is 0 Å². The molecular formula is C21H22. The first-order chi connectivity index (χ1) is 10.00. The van der Waals surface area contributed by atoms with Gasteiger partial charge in [0.05, 0.1) is 5.41 Å². The average Bonchev–Trinajstić information content (AvgIpc) is 2.87. The topological polar surface area (TPSA) is 0 Å². The van der Waals surface area contributed by atoms with Crippen molar-refractivity contribution in [1.82, 2.24) is 0 Å². The monoisotopic (exact) mass is 274 g/mol. The van der Waals surface area contributed by atoms with E-state index in [1.807, 2.05) is 25.2 Å². The third-order valence-electron chi connectivity index (χ3n) is 4.48. The Labute approximate surface area is 128 Å². The fourth-order valence-electron chi connectivity index (χ4n) is 3.65. The number of hydrogen-bond donors (Lipinski definition) is 0. The smallest absolute Gasteiger partial charge is 0.0673 e. The lowest BCUT2D eigenvalue weighted by Gasteiger charge is -2.32. The summed E-state index contributed by atoms with van der Waals surface area (Å²) in [5.74, 6) is 0. The highest BCUT2D eigenvalue weighted by Gasteiger charge is 2.51. The van der Waals surface area contributed by atoms with E-state index in [9.17, 15) is 0 Å². The largest absolute Gasteiger partial charge is 0.0991 e. The molecule has 0 aromatic carbocycles. The Hall–Kier alpha value is -2.34. The van der Waals surface area contributed by atoms with Crippen LogP contribution in [0.5, 0.6) is 0 Å². The van der Waals surface area contributed by atoms with Crippen LogP contribution in [0.1, 0.15) is 13.8 Å². The predicted molar refractivity (Wildman–Crippen MR) is 93.9 cm³/mol. The van der Waals surface area contributed by atoms with E-state index < -0.39 is 0 Å². The SMILES string of the molecule is C=C/C=C1\C(=C/C)C(C=C)=C(C=C)C12C(=C)C(=C)C=C2C. The highest BCUT2D eigenvalue weighted by molar-refractivity contribution is 5.79. The van der Waals surface area contributed by atoms with Crippen LogP contribution < -0.4 is 0 Å². The van der Waals surface area contributed by atoms with Crippen molar-refractivity contribution < 1.29 is 0 Å². The molecule has 0 aromatic rings. The van der Waals surface area contributed by atoms with Crippen LogP contribution in [0.3, 0.4) is 0 Å². The maximum atomic E-state index is 4.32. The summed E-state index contributed by atoms with van der Waals surface area (Å²) in [4.78, 5) is 0. The second kappa shape index (κ2) is 5.21. The molecule has 2 aliphatic rings. The molecule has 106 valence electrons. The molecular weight excluding hydrogens is 252 g/mol. The third kappa shape index (κ3) is 1.69. The summed E-state index contributed by atoms with van der Waals surface area (Å²) in [5.41, 5.74) is 7.45. The van der Waals surface area contributed by atoms with Crippen molar-refractivity contribution in [2.75, 3.05) is 0 Å². The van der Waals surface area contributed by atoms with Crippen LogP contribution in [0, 0.1) is 5.41 Å². The number of allylic oxidation sites excluding steroid dienone is 13. The maximum Gasteiger partial charge on any atom is 0.0673 e. The Bertz CT molecular complexity index is 698. The molecule has 0 radical (unpaired) electrons. The number of hydrogen-bond acceptors (Lipinski definition) is 0. The van der Waals surface area contributed by atoms with Crippen LogP contribution in [0.2, 0.25) is 0 Å². The standard InChI is InChI=1S/C21H22/c1-8-12-20-18(10-3)17(9-2)19(11-4)21(20)15(6)13-14(5)16(21)7/h8-13H,1-2,4-5,7H2,3,6H3/b18-10-,20-12+. The van der Waals surface area contributed by atoms with Gasteiger partial charge in [-0.3, -0.25) is 0 Å². The molecule has 2 aliphatic carbocycles. The molecule has 1 atom stereocenters. The highest BCUT2D eigenvalue weighted by Crippen LogP contribution is 2.63. The molecule has 0 aliphatic heterocycles. The normalized spacial score (nSPS) is 28.8. The molecule has 0 amide bonds. The molecule has 0 bridgehead atoms. The summed E-state index contributed by atoms with van der Waals surface area (Å²) < 4.78 is 0. The molecule has 0 heterocycles. The fraction of sp³-hybridized carbons (Fsp3) is 0.143. The van der Waals surface area contributed by atoms with E-state index in [2.05, 4.69) is 58.0 Å². The van der Waals surface area contributed by atoms with E-state index in [0.717, 1.165) is 22.3 Å². The van der Waals surface area contributed by atoms with Crippen LogP contribution in [0.4, 0.5) is 0 Å². The lowest BCUT2D eigenvalue weighted by atomic mass is 9.69. The Morgan fingerprint density at radius 1 is 1.10 bits per heavy atom. The molecule has 0 N–H and O–H groups in total. The van der Waals surface area contributed by atoms with Gasteiger partial charge in [0.15, 0.2) is 0 Å². The van der Waals surface area contributed by atoms with Gasteiger partial charge in [-0.2, -0.15) is 0 Å². The van der Waals surface area contributed by atoms with Crippen molar-refractivity contribution in [3.63, 3.8) is 0 Å². The minimum Gasteiger partial charge on any atom is -0.0991 e. The van der Waals surface area contributed by atoms with Gasteiger partial charge in [-0.25, -0.2) is 0 Å². The summed E-state index contributed by atoms with van der Waals surface area (Å²) in [6, 6.07) is 0. The Kier molecular flexibility index (Phi) is 3.74. The lowest BCUT2D eigenvalue weighted by Crippen LogP contribution is -2.23. The van der Waals surface area contributed by atoms with Crippen molar-refractivity contribution in [1.29, 1.82) is 0 Å². The summed E-state index contributed by atoms with van der Waals surface area (Å²) in [6.07, 6.45) is 11.9. The molecule has 1 unspecified atom stereocenters. The van der Waals surface area contributed by atoms with E-state index in [0.29, 0.717) is 0 Å². The van der Waals surface area contributed by atoms with Crippen molar-refractivity contribution in [3.05, 3.63) is 108 Å². The summed E-state index contributed by atoms with van der Waals surface area (Å²) in [6.45, 7) is 24.5. The molecule has 0 fully saturated rings. The van der Waals surface area contributed by atoms with Crippen LogP contribution in [-0.2, 0) is 0 Å². The number of rotatable bonds is 3. The molecule has 0 saturated carbocycles. The fourth-order valence-corrected chi connectivity index (χ4v) is 3.65. The molecule has 0 saturated heterocycles. The molecule has 1 spiro atoms. The van der Waals surface area contributed by atoms with E-state index in [-0.39, 0.29) is 5.41 Å². The summed E-state index contributed by atoms with van der Waals surface area (Å²) in [5, 5.41) is 0. The molecule has 0 heteroatoms. The van der Waals surface area contributed by atoms with Crippen LogP contribution in [-0.4, -0.2) is 0 Å². The Balaban J connectivity index is 2.97. The van der Waals surface area contributed by atoms with Gasteiger partial charge in [0, 0.05) is 0 Å². The van der Waals surface area contributed by atoms with Crippen molar-refractivity contribution in [2.45, 2.75) is 13.8 Å². The van der Waals surface area contributed by atoms with Crippen molar-refractivity contribution in [3.8, 4) is 0 Å². The summed E-state index contributed by atoms with van der Waals surface area (Å²) in [7, 11) is 0. The van der Waals surface area contributed by atoms with Crippen molar-refractivity contribution in [2.24, 2.45) is 5.41 Å². The van der Waals surface area contributed by atoms with Gasteiger partial charge in [0.2, 0.25) is 0 Å². The predicted octanol–water partition coefficient (Wildman–Crippen LogP) is 5.79. The van der Waals surface area contributed by atoms with Crippen LogP contribution in [0.25, 0.3) is 0 Å². The van der Waals surface area contributed by atoms with Crippen LogP contribution in [0.15, 0.2) is 108 Å². The van der Waals surface area contributed by atoms with Gasteiger partial charge >= 0.3 is 0 Å². The first-order valence-electron chi connectivity index (χ1n) is 7.07. The lowest BCUT2D eigenvalue weighted by molar-refractivity contribution is 0.685. The van der Waals surface area contributed by atoms with Gasteiger partial charge in [0.25, 0.3) is 0 Å². The molecule has 21 heavy (non-hydrogen) atoms. The quantitative estimate of drug-likeness (QED) is 0.611.